The largest absolute Gasteiger partial charge is 0.494 e. The number of carbonyl (C=O) groups is 1. The summed E-state index contributed by atoms with van der Waals surface area (Å²) in [7, 11) is 1.59. The zero-order chi connectivity index (χ0) is 16.5. The van der Waals surface area contributed by atoms with E-state index in [9.17, 15) is 4.79 Å². The maximum absolute atomic E-state index is 12.9. The molecule has 24 heavy (non-hydrogen) atoms. The molecule has 1 aromatic heterocycles. The summed E-state index contributed by atoms with van der Waals surface area (Å²) < 4.78 is 5.09. The summed E-state index contributed by atoms with van der Waals surface area (Å²) >= 11 is 0. The Morgan fingerprint density at radius 1 is 1.21 bits per heavy atom. The molecular formula is C18H20N4O2. The molecule has 1 unspecified atom stereocenters. The minimum atomic E-state index is 0.00172. The Hall–Kier alpha value is -2.63. The van der Waals surface area contributed by atoms with E-state index in [1.165, 1.54) is 5.56 Å². The number of amides is 1. The highest BCUT2D eigenvalue weighted by molar-refractivity contribution is 5.97. The van der Waals surface area contributed by atoms with Gasteiger partial charge in [0, 0.05) is 25.3 Å². The smallest absolute Gasteiger partial charge is 0.231 e. The minimum absolute atomic E-state index is 0.00172. The van der Waals surface area contributed by atoms with E-state index in [4.69, 9.17) is 4.74 Å². The zero-order valence-electron chi connectivity index (χ0n) is 13.7. The van der Waals surface area contributed by atoms with E-state index >= 15 is 0 Å². The number of carbonyl (C=O) groups excluding carboxylic acids is 1. The standard InChI is InChI=1S/C18H20N4O2/c1-24-15-10-19-18(20-11-15)21-8-6-14(12-21)17(23)22-9-7-13-4-2-3-5-16(13)22/h2-5,10-11,14H,6-9,12H2,1H3. The number of fused-ring (bicyclic) bond motifs is 1. The fourth-order valence-corrected chi connectivity index (χ4v) is 3.51. The molecule has 2 aliphatic rings. The van der Waals surface area contributed by atoms with Gasteiger partial charge in [0.25, 0.3) is 0 Å². The average Bonchev–Trinajstić information content (AvgIpc) is 3.28. The van der Waals surface area contributed by atoms with Gasteiger partial charge in [0.1, 0.15) is 0 Å². The van der Waals surface area contributed by atoms with Crippen LogP contribution in [0.1, 0.15) is 12.0 Å². The number of hydrogen-bond acceptors (Lipinski definition) is 5. The minimum Gasteiger partial charge on any atom is -0.494 e. The molecule has 1 saturated heterocycles. The van der Waals surface area contributed by atoms with E-state index in [1.807, 2.05) is 23.1 Å². The SMILES string of the molecule is COc1cnc(N2CCC(C(=O)N3CCc4ccccc43)C2)nc1. The second kappa shape index (κ2) is 6.11. The Labute approximate surface area is 141 Å². The molecule has 4 rings (SSSR count). The number of methoxy groups -OCH3 is 1. The van der Waals surface area contributed by atoms with Crippen LogP contribution in [-0.2, 0) is 11.2 Å². The number of ether oxygens (including phenoxy) is 1. The maximum Gasteiger partial charge on any atom is 0.231 e. The fourth-order valence-electron chi connectivity index (χ4n) is 3.51. The van der Waals surface area contributed by atoms with Crippen LogP contribution in [0.5, 0.6) is 5.75 Å². The second-order valence-corrected chi connectivity index (χ2v) is 6.22. The molecule has 6 heteroatoms. The highest BCUT2D eigenvalue weighted by Gasteiger charge is 2.35. The maximum atomic E-state index is 12.9. The molecule has 6 nitrogen and oxygen atoms in total. The Balaban J connectivity index is 1.46. The van der Waals surface area contributed by atoms with Gasteiger partial charge in [0.2, 0.25) is 11.9 Å². The van der Waals surface area contributed by atoms with E-state index in [0.717, 1.165) is 31.6 Å². The number of aromatic nitrogens is 2. The van der Waals surface area contributed by atoms with Crippen molar-refractivity contribution in [3.05, 3.63) is 42.2 Å². The molecule has 1 atom stereocenters. The van der Waals surface area contributed by atoms with Crippen LogP contribution >= 0.6 is 0 Å². The molecule has 0 radical (unpaired) electrons. The van der Waals surface area contributed by atoms with Crippen LogP contribution in [0.2, 0.25) is 0 Å². The van der Waals surface area contributed by atoms with Crippen molar-refractivity contribution in [2.75, 3.05) is 36.5 Å². The van der Waals surface area contributed by atoms with Crippen molar-refractivity contribution in [2.45, 2.75) is 12.8 Å². The van der Waals surface area contributed by atoms with Crippen LogP contribution in [0, 0.1) is 5.92 Å². The van der Waals surface area contributed by atoms with Crippen molar-refractivity contribution < 1.29 is 9.53 Å². The number of hydrogen-bond donors (Lipinski definition) is 0. The van der Waals surface area contributed by atoms with E-state index in [2.05, 4.69) is 20.9 Å². The monoisotopic (exact) mass is 324 g/mol. The average molecular weight is 324 g/mol. The molecule has 0 spiro atoms. The molecule has 1 amide bonds. The van der Waals surface area contributed by atoms with Crippen LogP contribution in [-0.4, -0.2) is 42.6 Å². The van der Waals surface area contributed by atoms with Gasteiger partial charge in [-0.15, -0.1) is 0 Å². The topological polar surface area (TPSA) is 58.6 Å². The number of benzene rings is 1. The van der Waals surface area contributed by atoms with Gasteiger partial charge in [-0.2, -0.15) is 0 Å². The van der Waals surface area contributed by atoms with Crippen LogP contribution in [0.3, 0.4) is 0 Å². The lowest BCUT2D eigenvalue weighted by molar-refractivity contribution is -0.121. The Morgan fingerprint density at radius 3 is 2.79 bits per heavy atom. The molecule has 2 aliphatic heterocycles. The molecule has 0 N–H and O–H groups in total. The Morgan fingerprint density at radius 2 is 2.00 bits per heavy atom. The van der Waals surface area contributed by atoms with Crippen molar-refractivity contribution >= 4 is 17.5 Å². The van der Waals surface area contributed by atoms with Gasteiger partial charge in [-0.3, -0.25) is 4.79 Å². The molecule has 0 saturated carbocycles. The van der Waals surface area contributed by atoms with Crippen LogP contribution in [0.15, 0.2) is 36.7 Å². The summed E-state index contributed by atoms with van der Waals surface area (Å²) in [6, 6.07) is 8.18. The number of nitrogens with zero attached hydrogens (tertiary/aromatic N) is 4. The molecule has 1 fully saturated rings. The lowest BCUT2D eigenvalue weighted by Gasteiger charge is -2.22. The third-order valence-corrected chi connectivity index (χ3v) is 4.82. The summed E-state index contributed by atoms with van der Waals surface area (Å²) in [5, 5.41) is 0. The zero-order valence-corrected chi connectivity index (χ0v) is 13.7. The van der Waals surface area contributed by atoms with E-state index < -0.39 is 0 Å². The van der Waals surface area contributed by atoms with Gasteiger partial charge < -0.3 is 14.5 Å². The first kappa shape index (κ1) is 14.9. The van der Waals surface area contributed by atoms with Gasteiger partial charge >= 0.3 is 0 Å². The van der Waals surface area contributed by atoms with Crippen molar-refractivity contribution in [1.29, 1.82) is 0 Å². The van der Waals surface area contributed by atoms with Crippen LogP contribution in [0.25, 0.3) is 0 Å². The summed E-state index contributed by atoms with van der Waals surface area (Å²) in [6.45, 7) is 2.26. The van der Waals surface area contributed by atoms with Gasteiger partial charge in [0.05, 0.1) is 25.4 Å². The van der Waals surface area contributed by atoms with Crippen molar-refractivity contribution in [1.82, 2.24) is 9.97 Å². The van der Waals surface area contributed by atoms with Crippen LogP contribution < -0.4 is 14.5 Å². The third-order valence-electron chi connectivity index (χ3n) is 4.82. The van der Waals surface area contributed by atoms with Crippen molar-refractivity contribution in [3.8, 4) is 5.75 Å². The molecular weight excluding hydrogens is 304 g/mol. The normalized spacial score (nSPS) is 19.5. The predicted molar refractivity (Wildman–Crippen MR) is 91.4 cm³/mol. The second-order valence-electron chi connectivity index (χ2n) is 6.22. The number of rotatable bonds is 3. The summed E-state index contributed by atoms with van der Waals surface area (Å²) in [5.74, 6) is 1.52. The fraction of sp³-hybridized carbons (Fsp3) is 0.389. The van der Waals surface area contributed by atoms with Crippen molar-refractivity contribution in [2.24, 2.45) is 5.92 Å². The molecule has 0 aliphatic carbocycles. The first-order chi connectivity index (χ1) is 11.8. The Kier molecular flexibility index (Phi) is 3.80. The Bertz CT molecular complexity index is 747. The quantitative estimate of drug-likeness (QED) is 0.863. The molecule has 1 aromatic carbocycles. The number of anilines is 2. The van der Waals surface area contributed by atoms with E-state index in [1.54, 1.807) is 19.5 Å². The summed E-state index contributed by atoms with van der Waals surface area (Å²) in [5.41, 5.74) is 2.33. The highest BCUT2D eigenvalue weighted by atomic mass is 16.5. The third kappa shape index (κ3) is 2.58. The van der Waals surface area contributed by atoms with Crippen molar-refractivity contribution in [3.63, 3.8) is 0 Å². The van der Waals surface area contributed by atoms with E-state index in [0.29, 0.717) is 18.2 Å². The van der Waals surface area contributed by atoms with Gasteiger partial charge in [-0.1, -0.05) is 18.2 Å². The molecule has 0 bridgehead atoms. The summed E-state index contributed by atoms with van der Waals surface area (Å²) in [6.07, 6.45) is 5.11. The van der Waals surface area contributed by atoms with Gasteiger partial charge in [0.15, 0.2) is 5.75 Å². The lowest BCUT2D eigenvalue weighted by atomic mass is 10.1. The lowest BCUT2D eigenvalue weighted by Crippen LogP contribution is -2.36. The number of para-hydroxylation sites is 1. The van der Waals surface area contributed by atoms with Crippen LogP contribution in [0.4, 0.5) is 11.6 Å². The van der Waals surface area contributed by atoms with E-state index in [-0.39, 0.29) is 11.8 Å². The molecule has 3 heterocycles. The first-order valence-corrected chi connectivity index (χ1v) is 8.26. The molecule has 124 valence electrons. The highest BCUT2D eigenvalue weighted by Crippen LogP contribution is 2.31. The molecule has 2 aromatic rings. The summed E-state index contributed by atoms with van der Waals surface area (Å²) in [4.78, 5) is 25.6. The predicted octanol–water partition coefficient (Wildman–Crippen LogP) is 1.90. The van der Waals surface area contributed by atoms with Gasteiger partial charge in [-0.05, 0) is 24.5 Å². The first-order valence-electron chi connectivity index (χ1n) is 8.26. The van der Waals surface area contributed by atoms with Gasteiger partial charge in [-0.25, -0.2) is 9.97 Å².